The molecular formula is C10H16BrN4O+. The first kappa shape index (κ1) is 13.1. The van der Waals surface area contributed by atoms with E-state index in [1.165, 1.54) is 0 Å². The molecule has 0 radical (unpaired) electrons. The SMILES string of the molecule is C[NH2+]/C=C(/Br)C(=N)c1cnn(CCOC)c1. The van der Waals surface area contributed by atoms with Gasteiger partial charge in [0.1, 0.15) is 6.20 Å². The second-order valence-corrected chi connectivity index (χ2v) is 4.06. The van der Waals surface area contributed by atoms with Crippen molar-refractivity contribution in [1.29, 1.82) is 5.41 Å². The molecule has 1 heterocycles. The number of nitrogens with one attached hydrogen (secondary N) is 1. The first-order valence-electron chi connectivity index (χ1n) is 4.95. The van der Waals surface area contributed by atoms with Crippen LogP contribution in [0.5, 0.6) is 0 Å². The third-order valence-corrected chi connectivity index (χ3v) is 2.66. The Labute approximate surface area is 103 Å². The van der Waals surface area contributed by atoms with Gasteiger partial charge in [0.15, 0.2) is 0 Å². The van der Waals surface area contributed by atoms with Gasteiger partial charge >= 0.3 is 0 Å². The third kappa shape index (κ3) is 3.55. The summed E-state index contributed by atoms with van der Waals surface area (Å²) in [6, 6.07) is 0. The van der Waals surface area contributed by atoms with Crippen molar-refractivity contribution in [2.75, 3.05) is 20.8 Å². The highest BCUT2D eigenvalue weighted by atomic mass is 79.9. The van der Waals surface area contributed by atoms with Crippen LogP contribution in [-0.4, -0.2) is 36.3 Å². The predicted octanol–water partition coefficient (Wildman–Crippen LogP) is 0.327. The van der Waals surface area contributed by atoms with Gasteiger partial charge in [0.2, 0.25) is 0 Å². The molecule has 0 aliphatic rings. The lowest BCUT2D eigenvalue weighted by molar-refractivity contribution is -0.556. The standard InChI is InChI=1S/C10H15BrN4O/c1-13-6-9(11)10(12)8-5-14-15(7-8)3-4-16-2/h5-7,12-13H,3-4H2,1-2H3/p+1/b9-6+,12-10?. The number of quaternary nitrogens is 1. The van der Waals surface area contributed by atoms with Crippen molar-refractivity contribution in [2.24, 2.45) is 0 Å². The molecule has 0 atom stereocenters. The van der Waals surface area contributed by atoms with Gasteiger partial charge < -0.3 is 10.1 Å². The highest BCUT2D eigenvalue weighted by Crippen LogP contribution is 2.11. The second kappa shape index (κ2) is 6.57. The molecule has 1 rings (SSSR count). The Morgan fingerprint density at radius 2 is 2.50 bits per heavy atom. The molecular weight excluding hydrogens is 272 g/mol. The number of hydrogen-bond acceptors (Lipinski definition) is 3. The zero-order valence-corrected chi connectivity index (χ0v) is 11.0. The summed E-state index contributed by atoms with van der Waals surface area (Å²) in [6.07, 6.45) is 5.36. The van der Waals surface area contributed by atoms with Crippen LogP contribution in [0.15, 0.2) is 23.1 Å². The quantitative estimate of drug-likeness (QED) is 0.741. The minimum absolute atomic E-state index is 0.432. The van der Waals surface area contributed by atoms with Crippen molar-refractivity contribution >= 4 is 21.6 Å². The molecule has 3 N–H and O–H groups in total. The van der Waals surface area contributed by atoms with Gasteiger partial charge in [-0.25, -0.2) is 0 Å². The lowest BCUT2D eigenvalue weighted by atomic mass is 10.2. The number of rotatable bonds is 6. The van der Waals surface area contributed by atoms with E-state index in [9.17, 15) is 0 Å². The van der Waals surface area contributed by atoms with Crippen LogP contribution in [0.2, 0.25) is 0 Å². The maximum Gasteiger partial charge on any atom is 0.109 e. The van der Waals surface area contributed by atoms with E-state index >= 15 is 0 Å². The Kier molecular flexibility index (Phi) is 5.37. The van der Waals surface area contributed by atoms with Gasteiger partial charge in [-0.15, -0.1) is 0 Å². The summed E-state index contributed by atoms with van der Waals surface area (Å²) in [7, 11) is 3.57. The average Bonchev–Trinajstić information content (AvgIpc) is 2.74. The molecule has 0 bridgehead atoms. The van der Waals surface area contributed by atoms with Crippen molar-refractivity contribution in [3.05, 3.63) is 28.6 Å². The van der Waals surface area contributed by atoms with Crippen molar-refractivity contribution in [3.63, 3.8) is 0 Å². The predicted molar refractivity (Wildman–Crippen MR) is 65.8 cm³/mol. The fourth-order valence-electron chi connectivity index (χ4n) is 1.17. The minimum atomic E-state index is 0.432. The second-order valence-electron chi connectivity index (χ2n) is 3.21. The van der Waals surface area contributed by atoms with Gasteiger partial charge in [0.25, 0.3) is 0 Å². The summed E-state index contributed by atoms with van der Waals surface area (Å²) in [4.78, 5) is 0. The highest BCUT2D eigenvalue weighted by molar-refractivity contribution is 9.12. The Morgan fingerprint density at radius 3 is 3.12 bits per heavy atom. The van der Waals surface area contributed by atoms with Gasteiger partial charge in [-0.05, 0) is 15.9 Å². The molecule has 0 fully saturated rings. The van der Waals surface area contributed by atoms with Crippen molar-refractivity contribution < 1.29 is 10.1 Å². The summed E-state index contributed by atoms with van der Waals surface area (Å²) < 4.78 is 7.48. The number of nitrogens with two attached hydrogens (primary N) is 1. The Bertz CT molecular complexity index is 386. The molecule has 0 aliphatic carbocycles. The van der Waals surface area contributed by atoms with E-state index in [0.29, 0.717) is 18.9 Å². The van der Waals surface area contributed by atoms with E-state index < -0.39 is 0 Å². The molecule has 0 unspecified atom stereocenters. The fourth-order valence-corrected chi connectivity index (χ4v) is 1.66. The monoisotopic (exact) mass is 287 g/mol. The van der Waals surface area contributed by atoms with Crippen LogP contribution in [0.1, 0.15) is 5.56 Å². The van der Waals surface area contributed by atoms with Gasteiger partial charge in [-0.2, -0.15) is 5.10 Å². The third-order valence-electron chi connectivity index (χ3n) is 2.00. The van der Waals surface area contributed by atoms with Crippen LogP contribution < -0.4 is 5.32 Å². The van der Waals surface area contributed by atoms with Gasteiger partial charge in [-0.3, -0.25) is 10.1 Å². The maximum absolute atomic E-state index is 7.91. The van der Waals surface area contributed by atoms with Gasteiger partial charge in [-0.1, -0.05) is 0 Å². The number of methoxy groups -OCH3 is 1. The molecule has 5 nitrogen and oxygen atoms in total. The van der Waals surface area contributed by atoms with E-state index in [1.54, 1.807) is 18.0 Å². The molecule has 0 saturated heterocycles. The number of nitrogens with zero attached hydrogens (tertiary/aromatic N) is 2. The molecule has 0 spiro atoms. The number of aromatic nitrogens is 2. The summed E-state index contributed by atoms with van der Waals surface area (Å²) in [5.74, 6) is 0. The van der Waals surface area contributed by atoms with Crippen LogP contribution in [0.4, 0.5) is 0 Å². The molecule has 6 heteroatoms. The van der Waals surface area contributed by atoms with Crippen molar-refractivity contribution in [1.82, 2.24) is 9.78 Å². The Hall–Kier alpha value is -0.980. The summed E-state index contributed by atoms with van der Waals surface area (Å²) >= 11 is 3.35. The summed E-state index contributed by atoms with van der Waals surface area (Å²) in [6.45, 7) is 1.32. The Morgan fingerprint density at radius 1 is 1.75 bits per heavy atom. The minimum Gasteiger partial charge on any atom is -0.383 e. The normalized spacial score (nSPS) is 11.8. The van der Waals surface area contributed by atoms with E-state index in [-0.39, 0.29) is 0 Å². The van der Waals surface area contributed by atoms with Crippen LogP contribution in [0.25, 0.3) is 0 Å². The molecule has 0 saturated carbocycles. The maximum atomic E-state index is 7.91. The molecule has 1 aromatic heterocycles. The van der Waals surface area contributed by atoms with E-state index in [2.05, 4.69) is 21.0 Å². The zero-order valence-electron chi connectivity index (χ0n) is 9.40. The number of ether oxygens (including phenoxy) is 1. The van der Waals surface area contributed by atoms with Crippen LogP contribution in [0, 0.1) is 5.41 Å². The lowest BCUT2D eigenvalue weighted by Crippen LogP contribution is -2.73. The first-order valence-corrected chi connectivity index (χ1v) is 5.74. The van der Waals surface area contributed by atoms with Crippen LogP contribution in [-0.2, 0) is 11.3 Å². The largest absolute Gasteiger partial charge is 0.383 e. The molecule has 1 aromatic rings. The van der Waals surface area contributed by atoms with Crippen molar-refractivity contribution in [2.45, 2.75) is 6.54 Å². The smallest absolute Gasteiger partial charge is 0.109 e. The first-order chi connectivity index (χ1) is 7.69. The Balaban J connectivity index is 2.70. The lowest BCUT2D eigenvalue weighted by Gasteiger charge is -1.99. The van der Waals surface area contributed by atoms with E-state index in [1.807, 2.05) is 24.8 Å². The van der Waals surface area contributed by atoms with Crippen molar-refractivity contribution in [3.8, 4) is 0 Å². The number of halogens is 1. The molecule has 88 valence electrons. The zero-order chi connectivity index (χ0) is 12.0. The van der Waals surface area contributed by atoms with Gasteiger partial charge in [0.05, 0.1) is 36.6 Å². The van der Waals surface area contributed by atoms with Gasteiger partial charge in [0, 0.05) is 18.9 Å². The molecule has 0 aromatic carbocycles. The van der Waals surface area contributed by atoms with E-state index in [4.69, 9.17) is 10.1 Å². The fraction of sp³-hybridized carbons (Fsp3) is 0.400. The topological polar surface area (TPSA) is 67.5 Å². The molecule has 0 amide bonds. The number of allylic oxidation sites excluding steroid dienone is 1. The highest BCUT2D eigenvalue weighted by Gasteiger charge is 2.08. The molecule has 0 aliphatic heterocycles. The van der Waals surface area contributed by atoms with Crippen LogP contribution >= 0.6 is 15.9 Å². The average molecular weight is 288 g/mol. The van der Waals surface area contributed by atoms with Crippen LogP contribution in [0.3, 0.4) is 0 Å². The van der Waals surface area contributed by atoms with E-state index in [0.717, 1.165) is 10.0 Å². The molecule has 16 heavy (non-hydrogen) atoms. The summed E-state index contributed by atoms with van der Waals surface area (Å²) in [5.41, 5.74) is 1.22. The summed E-state index contributed by atoms with van der Waals surface area (Å²) in [5, 5.41) is 13.9. The number of hydrogen-bond donors (Lipinski definition) is 2.